The summed E-state index contributed by atoms with van der Waals surface area (Å²) in [5.41, 5.74) is -0.00636. The van der Waals surface area contributed by atoms with Crippen molar-refractivity contribution in [1.82, 2.24) is 9.80 Å². The van der Waals surface area contributed by atoms with E-state index in [2.05, 4.69) is 5.32 Å². The van der Waals surface area contributed by atoms with E-state index in [9.17, 15) is 14.9 Å². The van der Waals surface area contributed by atoms with Gasteiger partial charge in [-0.3, -0.25) is 4.79 Å². The Hall–Kier alpha value is -3.99. The fraction of sp³-hybridized carbons (Fsp3) is 0.320. The molecule has 3 rings (SSSR count). The van der Waals surface area contributed by atoms with Crippen molar-refractivity contribution in [3.8, 4) is 17.6 Å². The summed E-state index contributed by atoms with van der Waals surface area (Å²) in [5.74, 6) is 0.859. The van der Waals surface area contributed by atoms with Gasteiger partial charge in [-0.15, -0.1) is 0 Å². The van der Waals surface area contributed by atoms with Gasteiger partial charge in [-0.05, 0) is 57.2 Å². The second kappa shape index (κ2) is 10.6. The van der Waals surface area contributed by atoms with Gasteiger partial charge in [0, 0.05) is 38.1 Å². The maximum Gasteiger partial charge on any atom is 0.410 e. The number of rotatable bonds is 5. The Morgan fingerprint density at radius 3 is 2.15 bits per heavy atom. The Kier molecular flexibility index (Phi) is 7.57. The zero-order valence-corrected chi connectivity index (χ0v) is 19.1. The van der Waals surface area contributed by atoms with E-state index in [0.717, 1.165) is 5.75 Å². The first-order chi connectivity index (χ1) is 15.7. The van der Waals surface area contributed by atoms with Crippen LogP contribution in [-0.2, 0) is 9.53 Å². The third-order valence-electron chi connectivity index (χ3n) is 4.73. The molecule has 2 aromatic rings. The number of para-hydroxylation sites is 1. The highest BCUT2D eigenvalue weighted by Crippen LogP contribution is 2.23. The highest BCUT2D eigenvalue weighted by molar-refractivity contribution is 6.06. The van der Waals surface area contributed by atoms with Gasteiger partial charge in [-0.1, -0.05) is 18.2 Å². The van der Waals surface area contributed by atoms with Crippen LogP contribution < -0.4 is 10.1 Å². The monoisotopic (exact) mass is 448 g/mol. The van der Waals surface area contributed by atoms with Gasteiger partial charge in [0.1, 0.15) is 28.7 Å². The van der Waals surface area contributed by atoms with Crippen LogP contribution >= 0.6 is 0 Å². The Bertz CT molecular complexity index is 1030. The van der Waals surface area contributed by atoms with Crippen LogP contribution in [0.1, 0.15) is 20.8 Å². The van der Waals surface area contributed by atoms with Gasteiger partial charge in [-0.25, -0.2) is 4.79 Å². The summed E-state index contributed by atoms with van der Waals surface area (Å²) in [6.45, 7) is 7.39. The summed E-state index contributed by atoms with van der Waals surface area (Å²) in [6.07, 6.45) is 1.18. The molecule has 0 spiro atoms. The molecule has 1 saturated heterocycles. The quantitative estimate of drug-likeness (QED) is 0.539. The van der Waals surface area contributed by atoms with Crippen molar-refractivity contribution >= 4 is 17.7 Å². The van der Waals surface area contributed by atoms with E-state index in [4.69, 9.17) is 9.47 Å². The van der Waals surface area contributed by atoms with E-state index in [1.807, 2.05) is 62.1 Å². The Balaban J connectivity index is 1.54. The van der Waals surface area contributed by atoms with E-state index in [0.29, 0.717) is 37.6 Å². The van der Waals surface area contributed by atoms with Crippen LogP contribution in [0.5, 0.6) is 11.5 Å². The van der Waals surface area contributed by atoms with Gasteiger partial charge in [-0.2, -0.15) is 5.26 Å². The first-order valence-electron chi connectivity index (χ1n) is 10.7. The molecule has 0 radical (unpaired) electrons. The molecule has 2 amide bonds. The number of hydrogen-bond donors (Lipinski definition) is 1. The molecule has 33 heavy (non-hydrogen) atoms. The smallest absolute Gasteiger partial charge is 0.410 e. The lowest BCUT2D eigenvalue weighted by molar-refractivity contribution is -0.112. The van der Waals surface area contributed by atoms with Crippen molar-refractivity contribution < 1.29 is 19.1 Å². The van der Waals surface area contributed by atoms with Gasteiger partial charge < -0.3 is 24.6 Å². The summed E-state index contributed by atoms with van der Waals surface area (Å²) < 4.78 is 11.1. The lowest BCUT2D eigenvalue weighted by atomic mass is 10.2. The number of nitriles is 1. The average Bonchev–Trinajstić information content (AvgIpc) is 2.78. The number of amides is 2. The van der Waals surface area contributed by atoms with Gasteiger partial charge in [0.05, 0.1) is 0 Å². The summed E-state index contributed by atoms with van der Waals surface area (Å²) in [6, 6.07) is 18.3. The van der Waals surface area contributed by atoms with Gasteiger partial charge >= 0.3 is 6.09 Å². The average molecular weight is 449 g/mol. The number of nitrogens with zero attached hydrogens (tertiary/aromatic N) is 3. The van der Waals surface area contributed by atoms with E-state index in [1.54, 1.807) is 29.2 Å². The molecule has 1 fully saturated rings. The first kappa shape index (κ1) is 23.7. The van der Waals surface area contributed by atoms with E-state index in [-0.39, 0.29) is 11.7 Å². The molecule has 1 N–H and O–H groups in total. The van der Waals surface area contributed by atoms with Crippen molar-refractivity contribution in [3.05, 3.63) is 66.4 Å². The number of piperazine rings is 1. The molecule has 1 heterocycles. The summed E-state index contributed by atoms with van der Waals surface area (Å²) >= 11 is 0. The topological polar surface area (TPSA) is 94.9 Å². The molecule has 0 unspecified atom stereocenters. The van der Waals surface area contributed by atoms with Crippen molar-refractivity contribution in [3.63, 3.8) is 0 Å². The van der Waals surface area contributed by atoms with Crippen molar-refractivity contribution in [1.29, 1.82) is 5.26 Å². The highest BCUT2D eigenvalue weighted by Gasteiger charge is 2.25. The molecule has 172 valence electrons. The lowest BCUT2D eigenvalue weighted by Gasteiger charge is -2.35. The molecule has 1 aliphatic heterocycles. The molecule has 2 aromatic carbocycles. The molecule has 0 aromatic heterocycles. The van der Waals surface area contributed by atoms with Crippen molar-refractivity contribution in [2.24, 2.45) is 0 Å². The molecule has 8 heteroatoms. The number of carbonyl (C=O) groups is 2. The van der Waals surface area contributed by atoms with Crippen LogP contribution in [0.3, 0.4) is 0 Å². The fourth-order valence-corrected chi connectivity index (χ4v) is 3.11. The van der Waals surface area contributed by atoms with Crippen LogP contribution in [0.4, 0.5) is 10.5 Å². The Morgan fingerprint density at radius 1 is 0.970 bits per heavy atom. The van der Waals surface area contributed by atoms with E-state index in [1.165, 1.54) is 6.20 Å². The zero-order chi connectivity index (χ0) is 23.8. The van der Waals surface area contributed by atoms with Crippen molar-refractivity contribution in [2.45, 2.75) is 26.4 Å². The maximum absolute atomic E-state index is 12.6. The number of hydrogen-bond acceptors (Lipinski definition) is 6. The summed E-state index contributed by atoms with van der Waals surface area (Å²) in [7, 11) is 0. The molecule has 0 aliphatic carbocycles. The molecule has 1 aliphatic rings. The number of benzene rings is 2. The predicted octanol–water partition coefficient (Wildman–Crippen LogP) is 4.38. The van der Waals surface area contributed by atoms with Crippen molar-refractivity contribution in [2.75, 3.05) is 31.5 Å². The second-order valence-corrected chi connectivity index (χ2v) is 8.55. The maximum atomic E-state index is 12.6. The predicted molar refractivity (Wildman–Crippen MR) is 125 cm³/mol. The fourth-order valence-electron chi connectivity index (χ4n) is 3.11. The third kappa shape index (κ3) is 7.28. The third-order valence-corrected chi connectivity index (χ3v) is 4.73. The number of carbonyl (C=O) groups excluding carboxylic acids is 2. The van der Waals surface area contributed by atoms with Gasteiger partial charge in [0.2, 0.25) is 0 Å². The van der Waals surface area contributed by atoms with Crippen LogP contribution in [0, 0.1) is 11.3 Å². The SMILES string of the molecule is CC(C)(C)OC(=O)N1CCN(/C=C(/C#N)C(=O)Nc2ccc(Oc3ccccc3)cc2)CC1. The van der Waals surface area contributed by atoms with Gasteiger partial charge in [0.15, 0.2) is 0 Å². The molecule has 0 saturated carbocycles. The number of nitrogens with one attached hydrogen (secondary N) is 1. The Labute approximate surface area is 194 Å². The molecular weight excluding hydrogens is 420 g/mol. The van der Waals surface area contributed by atoms with E-state index < -0.39 is 11.5 Å². The minimum absolute atomic E-state index is 0.00895. The Morgan fingerprint density at radius 2 is 1.58 bits per heavy atom. The molecule has 0 atom stereocenters. The molecule has 8 nitrogen and oxygen atoms in total. The molecular formula is C25H28N4O4. The second-order valence-electron chi connectivity index (χ2n) is 8.55. The minimum atomic E-state index is -0.550. The minimum Gasteiger partial charge on any atom is -0.457 e. The standard InChI is InChI=1S/C25H28N4O4/c1-25(2,3)33-24(31)29-15-13-28(14-16-29)18-19(17-26)23(30)27-20-9-11-22(12-10-20)32-21-7-5-4-6-8-21/h4-12,18H,13-16H2,1-3H3,(H,27,30)/b19-18-. The van der Waals surface area contributed by atoms with Crippen LogP contribution in [0.25, 0.3) is 0 Å². The zero-order valence-electron chi connectivity index (χ0n) is 19.1. The summed E-state index contributed by atoms with van der Waals surface area (Å²) in [4.78, 5) is 28.2. The number of ether oxygens (including phenoxy) is 2. The van der Waals surface area contributed by atoms with Gasteiger partial charge in [0.25, 0.3) is 5.91 Å². The van der Waals surface area contributed by atoms with E-state index >= 15 is 0 Å². The highest BCUT2D eigenvalue weighted by atomic mass is 16.6. The number of anilines is 1. The van der Waals surface area contributed by atoms with Crippen LogP contribution in [0.2, 0.25) is 0 Å². The first-order valence-corrected chi connectivity index (χ1v) is 10.7. The summed E-state index contributed by atoms with van der Waals surface area (Å²) in [5, 5.41) is 12.2. The largest absolute Gasteiger partial charge is 0.457 e. The van der Waals surface area contributed by atoms with Crippen LogP contribution in [-0.4, -0.2) is 53.6 Å². The normalized spacial score (nSPS) is 14.3. The lowest BCUT2D eigenvalue weighted by Crippen LogP contribution is -2.48. The molecule has 0 bridgehead atoms. The van der Waals surface area contributed by atoms with Crippen LogP contribution in [0.15, 0.2) is 66.4 Å².